The number of hydrogen-bond acceptors (Lipinski definition) is 4. The molecule has 2 aliphatic rings. The van der Waals surface area contributed by atoms with Gasteiger partial charge in [-0.2, -0.15) is 0 Å². The number of halogens is 1. The van der Waals surface area contributed by atoms with Crippen molar-refractivity contribution in [3.8, 4) is 0 Å². The predicted octanol–water partition coefficient (Wildman–Crippen LogP) is 1.97. The Morgan fingerprint density at radius 3 is 2.81 bits per heavy atom. The van der Waals surface area contributed by atoms with Crippen LogP contribution in [0, 0.1) is 0 Å². The summed E-state index contributed by atoms with van der Waals surface area (Å²) in [7, 11) is 0. The third-order valence-corrected chi connectivity index (χ3v) is 5.28. The van der Waals surface area contributed by atoms with Crippen molar-refractivity contribution < 1.29 is 9.53 Å². The number of rotatable bonds is 3. The molecule has 1 amide bonds. The molecule has 7 heteroatoms. The molecule has 1 aromatic heterocycles. The summed E-state index contributed by atoms with van der Waals surface area (Å²) in [6, 6.07) is 11.0. The molecule has 1 aromatic carbocycles. The lowest BCUT2D eigenvalue weighted by atomic mass is 10.1. The molecular formula is C19H20ClN3O3. The van der Waals surface area contributed by atoms with Gasteiger partial charge in [-0.3, -0.25) is 14.5 Å². The number of nitrogens with one attached hydrogen (secondary N) is 2. The summed E-state index contributed by atoms with van der Waals surface area (Å²) in [4.78, 5) is 28.6. The van der Waals surface area contributed by atoms with E-state index in [0.29, 0.717) is 23.2 Å². The molecule has 136 valence electrons. The van der Waals surface area contributed by atoms with Crippen LogP contribution in [0.25, 0.3) is 0 Å². The van der Waals surface area contributed by atoms with Crippen molar-refractivity contribution in [3.05, 3.63) is 69.1 Å². The van der Waals surface area contributed by atoms with E-state index in [-0.39, 0.29) is 23.6 Å². The summed E-state index contributed by atoms with van der Waals surface area (Å²) >= 11 is 5.95. The fraction of sp³-hybridized carbons (Fsp3) is 0.368. The fourth-order valence-corrected chi connectivity index (χ4v) is 3.84. The molecule has 0 radical (unpaired) electrons. The smallest absolute Gasteiger partial charge is 0.251 e. The summed E-state index contributed by atoms with van der Waals surface area (Å²) in [5.41, 5.74) is 1.22. The van der Waals surface area contributed by atoms with Gasteiger partial charge < -0.3 is 15.0 Å². The van der Waals surface area contributed by atoms with Gasteiger partial charge >= 0.3 is 0 Å². The van der Waals surface area contributed by atoms with Gasteiger partial charge in [0.1, 0.15) is 0 Å². The Balaban J connectivity index is 1.38. The summed E-state index contributed by atoms with van der Waals surface area (Å²) in [5, 5.41) is 3.75. The molecule has 0 unspecified atom stereocenters. The number of nitrogens with zero attached hydrogens (tertiary/aromatic N) is 1. The lowest BCUT2D eigenvalue weighted by Crippen LogP contribution is -2.43. The Morgan fingerprint density at radius 2 is 2.04 bits per heavy atom. The first kappa shape index (κ1) is 17.3. The van der Waals surface area contributed by atoms with Crippen molar-refractivity contribution in [1.29, 1.82) is 0 Å². The lowest BCUT2D eigenvalue weighted by molar-refractivity contribution is -0.0502. The highest BCUT2D eigenvalue weighted by Gasteiger charge is 2.38. The number of morpholine rings is 1. The second kappa shape index (κ2) is 7.23. The fourth-order valence-electron chi connectivity index (χ4n) is 3.71. The summed E-state index contributed by atoms with van der Waals surface area (Å²) in [6.07, 6.45) is 2.35. The zero-order valence-corrected chi connectivity index (χ0v) is 14.9. The van der Waals surface area contributed by atoms with Crippen molar-refractivity contribution in [2.45, 2.75) is 24.6 Å². The Hall–Kier alpha value is -2.15. The van der Waals surface area contributed by atoms with E-state index >= 15 is 0 Å². The molecule has 6 nitrogen and oxygen atoms in total. The van der Waals surface area contributed by atoms with Gasteiger partial charge in [-0.1, -0.05) is 23.7 Å². The van der Waals surface area contributed by atoms with Gasteiger partial charge in [0.05, 0.1) is 12.7 Å². The van der Waals surface area contributed by atoms with E-state index in [0.717, 1.165) is 25.1 Å². The second-order valence-corrected chi connectivity index (χ2v) is 7.27. The normalized spacial score (nSPS) is 25.7. The maximum absolute atomic E-state index is 12.4. The zero-order valence-electron chi connectivity index (χ0n) is 14.2. The van der Waals surface area contributed by atoms with Gasteiger partial charge in [0.25, 0.3) is 5.91 Å². The van der Waals surface area contributed by atoms with E-state index in [4.69, 9.17) is 16.3 Å². The number of H-pyrrole nitrogens is 1. The van der Waals surface area contributed by atoms with Crippen LogP contribution >= 0.6 is 11.6 Å². The van der Waals surface area contributed by atoms with Crippen LogP contribution in [0.1, 0.15) is 28.4 Å². The van der Waals surface area contributed by atoms with Crippen LogP contribution in [-0.2, 0) is 4.74 Å². The summed E-state index contributed by atoms with van der Waals surface area (Å²) < 4.78 is 6.03. The predicted molar refractivity (Wildman–Crippen MR) is 98.4 cm³/mol. The second-order valence-electron chi connectivity index (χ2n) is 6.83. The number of amides is 1. The highest BCUT2D eigenvalue weighted by molar-refractivity contribution is 6.30. The maximum Gasteiger partial charge on any atom is 0.251 e. The zero-order chi connectivity index (χ0) is 18.1. The quantitative estimate of drug-likeness (QED) is 0.862. The molecule has 3 atom stereocenters. The number of carbonyl (C=O) groups excluding carboxylic acids is 1. The number of aromatic nitrogens is 1. The minimum Gasteiger partial charge on any atom is -0.371 e. The molecule has 0 aliphatic carbocycles. The van der Waals surface area contributed by atoms with Gasteiger partial charge in [0, 0.05) is 48.0 Å². The Labute approximate surface area is 156 Å². The molecule has 2 N–H and O–H groups in total. The van der Waals surface area contributed by atoms with Crippen LogP contribution in [0.15, 0.2) is 47.4 Å². The van der Waals surface area contributed by atoms with E-state index in [1.165, 1.54) is 12.3 Å². The molecular weight excluding hydrogens is 354 g/mol. The molecule has 2 saturated heterocycles. The number of aromatic amines is 1. The number of hydrogen-bond donors (Lipinski definition) is 2. The van der Waals surface area contributed by atoms with Gasteiger partial charge in [-0.25, -0.2) is 0 Å². The standard InChI is InChI=1S/C19H20ClN3O3/c20-14-3-1-12(2-4-14)17-10-23-9-15(8-16(23)11-26-17)22-19(25)13-5-6-21-18(24)7-13/h1-7,15-17H,8-11H2,(H,21,24)(H,22,25)/t15-,16-,17+/m0/s1. The topological polar surface area (TPSA) is 74.4 Å². The van der Waals surface area contributed by atoms with Crippen LogP contribution in [0.3, 0.4) is 0 Å². The minimum atomic E-state index is -0.277. The summed E-state index contributed by atoms with van der Waals surface area (Å²) in [5.74, 6) is -0.212. The summed E-state index contributed by atoms with van der Waals surface area (Å²) in [6.45, 7) is 2.22. The van der Waals surface area contributed by atoms with Gasteiger partial charge in [-0.15, -0.1) is 0 Å². The van der Waals surface area contributed by atoms with E-state index in [2.05, 4.69) is 15.2 Å². The third kappa shape index (κ3) is 3.67. The molecule has 0 bridgehead atoms. The van der Waals surface area contributed by atoms with Crippen LogP contribution in [0.2, 0.25) is 5.02 Å². The van der Waals surface area contributed by atoms with Gasteiger partial charge in [0.2, 0.25) is 5.56 Å². The average molecular weight is 374 g/mol. The molecule has 3 heterocycles. The van der Waals surface area contributed by atoms with E-state index in [9.17, 15) is 9.59 Å². The van der Waals surface area contributed by atoms with Crippen LogP contribution in [-0.4, -0.2) is 47.6 Å². The first-order valence-corrected chi connectivity index (χ1v) is 9.07. The molecule has 26 heavy (non-hydrogen) atoms. The number of carbonyl (C=O) groups is 1. The largest absolute Gasteiger partial charge is 0.371 e. The van der Waals surface area contributed by atoms with Gasteiger partial charge in [0.15, 0.2) is 0 Å². The van der Waals surface area contributed by atoms with Crippen LogP contribution in [0.5, 0.6) is 0 Å². The van der Waals surface area contributed by atoms with Crippen molar-refractivity contribution in [1.82, 2.24) is 15.2 Å². The molecule has 2 fully saturated rings. The van der Waals surface area contributed by atoms with Crippen molar-refractivity contribution in [3.63, 3.8) is 0 Å². The van der Waals surface area contributed by atoms with E-state index in [1.807, 2.05) is 24.3 Å². The van der Waals surface area contributed by atoms with Crippen LogP contribution in [0.4, 0.5) is 0 Å². The number of pyridine rings is 1. The van der Waals surface area contributed by atoms with Crippen molar-refractivity contribution >= 4 is 17.5 Å². The highest BCUT2D eigenvalue weighted by Crippen LogP contribution is 2.30. The SMILES string of the molecule is O=C(N[C@H]1C[C@H]2CO[C@@H](c3ccc(Cl)cc3)CN2C1)c1cc[nH]c(=O)c1. The van der Waals surface area contributed by atoms with E-state index in [1.54, 1.807) is 6.07 Å². The molecule has 2 aromatic rings. The molecule has 4 rings (SSSR count). The number of ether oxygens (including phenoxy) is 1. The van der Waals surface area contributed by atoms with Crippen LogP contribution < -0.4 is 10.9 Å². The first-order valence-electron chi connectivity index (χ1n) is 8.69. The molecule has 0 spiro atoms. The molecule has 2 aliphatic heterocycles. The Morgan fingerprint density at radius 1 is 1.23 bits per heavy atom. The maximum atomic E-state index is 12.4. The lowest BCUT2D eigenvalue weighted by Gasteiger charge is -2.35. The average Bonchev–Trinajstić information content (AvgIpc) is 3.03. The van der Waals surface area contributed by atoms with E-state index < -0.39 is 0 Å². The Kier molecular flexibility index (Phi) is 4.80. The van der Waals surface area contributed by atoms with Crippen molar-refractivity contribution in [2.75, 3.05) is 19.7 Å². The number of fused-ring (bicyclic) bond motifs is 1. The third-order valence-electron chi connectivity index (χ3n) is 5.03. The van der Waals surface area contributed by atoms with Gasteiger partial charge in [-0.05, 0) is 30.2 Å². The monoisotopic (exact) mass is 373 g/mol. The number of benzene rings is 1. The van der Waals surface area contributed by atoms with Crippen molar-refractivity contribution in [2.24, 2.45) is 0 Å². The Bertz CT molecular complexity index is 852. The highest BCUT2D eigenvalue weighted by atomic mass is 35.5. The minimum absolute atomic E-state index is 0.0191. The molecule has 0 saturated carbocycles. The first-order chi connectivity index (χ1) is 12.6.